The summed E-state index contributed by atoms with van der Waals surface area (Å²) in [5.41, 5.74) is 0.0521. The summed E-state index contributed by atoms with van der Waals surface area (Å²) in [5.74, 6) is -1.75. The van der Waals surface area contributed by atoms with E-state index in [9.17, 15) is 18.0 Å². The number of halogens is 1. The van der Waals surface area contributed by atoms with Gasteiger partial charge >= 0.3 is 0 Å². The van der Waals surface area contributed by atoms with Gasteiger partial charge in [0.2, 0.25) is 10.0 Å². The lowest BCUT2D eigenvalue weighted by Gasteiger charge is -2.23. The predicted molar refractivity (Wildman–Crippen MR) is 104 cm³/mol. The second-order valence-corrected chi connectivity index (χ2v) is 10.0. The van der Waals surface area contributed by atoms with Crippen LogP contribution in [-0.4, -0.2) is 32.0 Å². The first-order valence-corrected chi connectivity index (χ1v) is 10.4. The van der Waals surface area contributed by atoms with Gasteiger partial charge in [0.1, 0.15) is 6.04 Å². The van der Waals surface area contributed by atoms with Crippen LogP contribution < -0.4 is 10.0 Å². The number of amides is 2. The Morgan fingerprint density at radius 3 is 2.23 bits per heavy atom. The minimum absolute atomic E-state index is 0.161. The average Bonchev–Trinajstić information content (AvgIpc) is 2.49. The zero-order valence-electron chi connectivity index (χ0n) is 15.8. The van der Waals surface area contributed by atoms with Crippen molar-refractivity contribution in [2.75, 3.05) is 5.75 Å². The molecule has 0 aliphatic heterocycles. The molecule has 1 rings (SSSR count). The largest absolute Gasteiger partial charge is 0.340 e. The van der Waals surface area contributed by atoms with Crippen LogP contribution >= 0.6 is 11.6 Å². The van der Waals surface area contributed by atoms with Crippen molar-refractivity contribution in [3.63, 3.8) is 0 Å². The van der Waals surface area contributed by atoms with Crippen LogP contribution in [0.5, 0.6) is 0 Å². The third-order valence-electron chi connectivity index (χ3n) is 3.73. The summed E-state index contributed by atoms with van der Waals surface area (Å²) < 4.78 is 26.4. The Balaban J connectivity index is 2.85. The highest BCUT2D eigenvalue weighted by Crippen LogP contribution is 2.19. The third kappa shape index (κ3) is 7.33. The van der Waals surface area contributed by atoms with Crippen molar-refractivity contribution in [3.05, 3.63) is 34.9 Å². The van der Waals surface area contributed by atoms with E-state index >= 15 is 0 Å². The molecular formula is C18H27ClN2O4S. The van der Waals surface area contributed by atoms with E-state index in [0.29, 0.717) is 6.42 Å². The first-order valence-electron chi connectivity index (χ1n) is 8.42. The molecule has 0 aromatic heterocycles. The molecule has 26 heavy (non-hydrogen) atoms. The molecule has 0 bridgehead atoms. The van der Waals surface area contributed by atoms with E-state index in [1.165, 1.54) is 6.07 Å². The molecule has 0 fully saturated rings. The zero-order valence-corrected chi connectivity index (χ0v) is 17.4. The van der Waals surface area contributed by atoms with Gasteiger partial charge in [-0.1, -0.05) is 58.4 Å². The molecule has 1 aromatic rings. The van der Waals surface area contributed by atoms with Crippen LogP contribution in [0.3, 0.4) is 0 Å². The third-order valence-corrected chi connectivity index (χ3v) is 5.31. The molecule has 146 valence electrons. The van der Waals surface area contributed by atoms with Crippen molar-refractivity contribution in [2.24, 2.45) is 11.3 Å². The summed E-state index contributed by atoms with van der Waals surface area (Å²) in [4.78, 5) is 24.8. The maximum Gasteiger partial charge on any atom is 0.256 e. The highest BCUT2D eigenvalue weighted by Gasteiger charge is 2.29. The number of benzene rings is 1. The summed E-state index contributed by atoms with van der Waals surface area (Å²) in [5, 5.41) is 2.82. The predicted octanol–water partition coefficient (Wildman–Crippen LogP) is 2.98. The van der Waals surface area contributed by atoms with Crippen LogP contribution in [0.25, 0.3) is 0 Å². The lowest BCUT2D eigenvalue weighted by molar-refractivity contribution is -0.122. The van der Waals surface area contributed by atoms with Gasteiger partial charge in [0.25, 0.3) is 11.8 Å². The molecule has 1 unspecified atom stereocenters. The van der Waals surface area contributed by atoms with Crippen LogP contribution in [0.15, 0.2) is 24.3 Å². The monoisotopic (exact) mass is 402 g/mol. The Bertz CT molecular complexity index is 755. The topological polar surface area (TPSA) is 92.3 Å². The number of nitrogens with one attached hydrogen (secondary N) is 2. The van der Waals surface area contributed by atoms with E-state index in [-0.39, 0.29) is 27.7 Å². The number of hydrogen-bond acceptors (Lipinski definition) is 4. The number of carbonyl (C=O) groups excluding carboxylic acids is 2. The SMILES string of the molecule is CC(C)C(NC(=O)c1ccccc1Cl)C(=O)NS(=O)(=O)CCC(C)(C)C. The van der Waals surface area contributed by atoms with Crippen molar-refractivity contribution in [1.82, 2.24) is 10.0 Å². The molecule has 0 aliphatic carbocycles. The summed E-state index contributed by atoms with van der Waals surface area (Å²) in [6, 6.07) is 5.45. The summed E-state index contributed by atoms with van der Waals surface area (Å²) in [6.45, 7) is 9.21. The quantitative estimate of drug-likeness (QED) is 0.733. The molecule has 1 aromatic carbocycles. The van der Waals surface area contributed by atoms with Crippen LogP contribution in [0.2, 0.25) is 5.02 Å². The maximum absolute atomic E-state index is 12.4. The van der Waals surface area contributed by atoms with Crippen molar-refractivity contribution in [1.29, 1.82) is 0 Å². The van der Waals surface area contributed by atoms with Gasteiger partial charge in [-0.15, -0.1) is 0 Å². The van der Waals surface area contributed by atoms with Gasteiger partial charge in [-0.25, -0.2) is 8.42 Å². The van der Waals surface area contributed by atoms with Gasteiger partial charge in [0.15, 0.2) is 0 Å². The molecule has 0 aliphatic rings. The Hall–Kier alpha value is -1.60. The maximum atomic E-state index is 12.4. The van der Waals surface area contributed by atoms with Gasteiger partial charge in [0.05, 0.1) is 16.3 Å². The molecule has 6 nitrogen and oxygen atoms in total. The minimum atomic E-state index is -3.78. The number of carbonyl (C=O) groups is 2. The smallest absolute Gasteiger partial charge is 0.256 e. The molecule has 0 radical (unpaired) electrons. The van der Waals surface area contributed by atoms with Crippen molar-refractivity contribution >= 4 is 33.4 Å². The second-order valence-electron chi connectivity index (χ2n) is 7.77. The molecular weight excluding hydrogens is 376 g/mol. The molecule has 0 saturated heterocycles. The van der Waals surface area contributed by atoms with E-state index < -0.39 is 27.9 Å². The van der Waals surface area contributed by atoms with Gasteiger partial charge in [-0.2, -0.15) is 0 Å². The van der Waals surface area contributed by atoms with E-state index in [2.05, 4.69) is 10.0 Å². The summed E-state index contributed by atoms with van der Waals surface area (Å²) >= 11 is 5.99. The second kappa shape index (κ2) is 8.86. The highest BCUT2D eigenvalue weighted by molar-refractivity contribution is 7.90. The fourth-order valence-corrected chi connectivity index (χ4v) is 3.75. The van der Waals surface area contributed by atoms with Gasteiger partial charge in [-0.05, 0) is 29.9 Å². The molecule has 0 spiro atoms. The molecule has 0 saturated carbocycles. The number of hydrogen-bond donors (Lipinski definition) is 2. The average molecular weight is 403 g/mol. The minimum Gasteiger partial charge on any atom is -0.340 e. The van der Waals surface area contributed by atoms with E-state index in [1.54, 1.807) is 32.0 Å². The summed E-state index contributed by atoms with van der Waals surface area (Å²) in [7, 11) is -3.78. The Morgan fingerprint density at radius 2 is 1.73 bits per heavy atom. The lowest BCUT2D eigenvalue weighted by atomic mass is 9.94. The Morgan fingerprint density at radius 1 is 1.15 bits per heavy atom. The van der Waals surface area contributed by atoms with Crippen molar-refractivity contribution in [3.8, 4) is 0 Å². The zero-order chi connectivity index (χ0) is 20.1. The van der Waals surface area contributed by atoms with Crippen molar-refractivity contribution < 1.29 is 18.0 Å². The van der Waals surface area contributed by atoms with Gasteiger partial charge in [0, 0.05) is 0 Å². The van der Waals surface area contributed by atoms with Crippen molar-refractivity contribution in [2.45, 2.75) is 47.1 Å². The summed E-state index contributed by atoms with van der Waals surface area (Å²) in [6.07, 6.45) is 0.411. The van der Waals surface area contributed by atoms with Crippen LogP contribution in [0.4, 0.5) is 0 Å². The van der Waals surface area contributed by atoms with E-state index in [0.717, 1.165) is 0 Å². The first-order chi connectivity index (χ1) is 11.8. The fourth-order valence-electron chi connectivity index (χ4n) is 2.11. The normalized spacial score (nSPS) is 13.3. The van der Waals surface area contributed by atoms with Gasteiger partial charge in [-0.3, -0.25) is 14.3 Å². The Labute approximate surface area is 160 Å². The number of sulfonamides is 1. The lowest BCUT2D eigenvalue weighted by Crippen LogP contribution is -2.51. The fraction of sp³-hybridized carbons (Fsp3) is 0.556. The van der Waals surface area contributed by atoms with Crippen LogP contribution in [0.1, 0.15) is 51.4 Å². The highest BCUT2D eigenvalue weighted by atomic mass is 35.5. The number of rotatable bonds is 7. The van der Waals surface area contributed by atoms with E-state index in [4.69, 9.17) is 11.6 Å². The molecule has 1 atom stereocenters. The van der Waals surface area contributed by atoms with Gasteiger partial charge < -0.3 is 5.32 Å². The Kier molecular flexibility index (Phi) is 7.65. The molecule has 2 amide bonds. The standard InChI is InChI=1S/C18H27ClN2O4S/c1-12(2)15(20-16(22)13-8-6-7-9-14(13)19)17(23)21-26(24,25)11-10-18(3,4)5/h6-9,12,15H,10-11H2,1-5H3,(H,20,22)(H,21,23). The molecule has 8 heteroatoms. The van der Waals surface area contributed by atoms with Crippen LogP contribution in [-0.2, 0) is 14.8 Å². The van der Waals surface area contributed by atoms with E-state index in [1.807, 2.05) is 20.8 Å². The van der Waals surface area contributed by atoms with Crippen LogP contribution in [0, 0.1) is 11.3 Å². The molecule has 2 N–H and O–H groups in total. The molecule has 0 heterocycles. The first kappa shape index (κ1) is 22.4.